The molecule has 0 spiro atoms. The average molecular weight is 519 g/mol. The Bertz CT molecular complexity index is 1640. The van der Waals surface area contributed by atoms with E-state index in [1.54, 1.807) is 76.4 Å². The number of anilines is 2. The van der Waals surface area contributed by atoms with Gasteiger partial charge in [-0.25, -0.2) is 9.48 Å². The number of ether oxygens (including phenoxy) is 1. The van der Waals surface area contributed by atoms with Crippen molar-refractivity contribution in [3.8, 4) is 34.5 Å². The second kappa shape index (κ2) is 10.9. The maximum atomic E-state index is 12.8. The van der Waals surface area contributed by atoms with Crippen LogP contribution in [0.15, 0.2) is 85.3 Å². The van der Waals surface area contributed by atoms with E-state index in [1.165, 1.54) is 0 Å². The van der Waals surface area contributed by atoms with E-state index >= 15 is 0 Å². The molecule has 0 bridgehead atoms. The van der Waals surface area contributed by atoms with Gasteiger partial charge in [0.15, 0.2) is 0 Å². The molecule has 0 atom stereocenters. The molecule has 5 aromatic rings. The number of nitrogens with one attached hydrogen (secondary N) is 2. The molecule has 0 aliphatic carbocycles. The van der Waals surface area contributed by atoms with Crippen LogP contribution < -0.4 is 15.4 Å². The fraction of sp³-hybridized carbons (Fsp3) is 0.138. The van der Waals surface area contributed by atoms with Crippen molar-refractivity contribution in [3.63, 3.8) is 0 Å². The largest absolute Gasteiger partial charge is 0.457 e. The second-order valence-corrected chi connectivity index (χ2v) is 9.16. The summed E-state index contributed by atoms with van der Waals surface area (Å²) in [5.41, 5.74) is 4.37. The van der Waals surface area contributed by atoms with Gasteiger partial charge in [-0.15, -0.1) is 0 Å². The lowest BCUT2D eigenvalue weighted by Crippen LogP contribution is -2.21. The van der Waals surface area contributed by atoms with Crippen molar-refractivity contribution >= 4 is 17.5 Å². The Morgan fingerprint density at radius 3 is 2.44 bits per heavy atom. The number of carbonyl (C=O) groups is 1. The molecule has 0 saturated carbocycles. The Morgan fingerprint density at radius 2 is 1.77 bits per heavy atom. The molecule has 10 nitrogen and oxygen atoms in total. The van der Waals surface area contributed by atoms with Crippen LogP contribution in [0.3, 0.4) is 0 Å². The number of nitriles is 1. The van der Waals surface area contributed by atoms with E-state index in [9.17, 15) is 4.79 Å². The van der Waals surface area contributed by atoms with Gasteiger partial charge >= 0.3 is 6.03 Å². The van der Waals surface area contributed by atoms with Crippen molar-refractivity contribution in [2.45, 2.75) is 19.8 Å². The van der Waals surface area contributed by atoms with Crippen molar-refractivity contribution < 1.29 is 9.53 Å². The quantitative estimate of drug-likeness (QED) is 0.268. The highest BCUT2D eigenvalue weighted by Gasteiger charge is 2.15. The van der Waals surface area contributed by atoms with E-state index in [4.69, 9.17) is 10.00 Å². The number of pyridine rings is 1. The molecule has 2 N–H and O–H groups in total. The highest BCUT2D eigenvalue weighted by atomic mass is 16.5. The molecule has 2 aromatic carbocycles. The third kappa shape index (κ3) is 5.94. The maximum absolute atomic E-state index is 12.8. The summed E-state index contributed by atoms with van der Waals surface area (Å²) in [5.74, 6) is 1.94. The maximum Gasteiger partial charge on any atom is 0.324 e. The Morgan fingerprint density at radius 1 is 1.00 bits per heavy atom. The van der Waals surface area contributed by atoms with Crippen LogP contribution >= 0.6 is 0 Å². The Hall–Kier alpha value is -5.43. The van der Waals surface area contributed by atoms with Gasteiger partial charge in [0.1, 0.15) is 17.3 Å². The van der Waals surface area contributed by atoms with Gasteiger partial charge in [0.05, 0.1) is 34.9 Å². The SMILES string of the molecule is CC(C)c1cc(NC(=O)Nc2ccc(Oc3ccnc(-c4cnn(C)c4)c3)cc2)n(-c2ccc(C#N)cc2)n1. The zero-order valence-corrected chi connectivity index (χ0v) is 21.7. The van der Waals surface area contributed by atoms with Crippen LogP contribution in [0.5, 0.6) is 11.5 Å². The molecule has 10 heteroatoms. The van der Waals surface area contributed by atoms with E-state index in [0.717, 1.165) is 22.6 Å². The molecule has 194 valence electrons. The first-order valence-electron chi connectivity index (χ1n) is 12.3. The van der Waals surface area contributed by atoms with E-state index in [-0.39, 0.29) is 5.92 Å². The molecule has 5 rings (SSSR count). The van der Waals surface area contributed by atoms with E-state index in [0.29, 0.717) is 28.6 Å². The molecule has 0 aliphatic heterocycles. The molecule has 0 saturated heterocycles. The number of amides is 2. The molecule has 3 heterocycles. The summed E-state index contributed by atoms with van der Waals surface area (Å²) in [6, 6.07) is 21.2. The molecule has 0 unspecified atom stereocenters. The van der Waals surface area contributed by atoms with E-state index in [1.807, 2.05) is 39.2 Å². The molecule has 2 amide bonds. The van der Waals surface area contributed by atoms with Gasteiger partial charge < -0.3 is 10.1 Å². The standard InChI is InChI=1S/C29H26N8O2/c1-19(2)26-15-28(37(35-26)23-8-4-20(16-30)5-9-23)34-29(38)33-22-6-10-24(11-7-22)39-25-12-13-31-27(14-25)21-17-32-36(3)18-21/h4-15,17-19H,1-3H3,(H2,33,34,38). The minimum atomic E-state index is -0.413. The summed E-state index contributed by atoms with van der Waals surface area (Å²) in [6.07, 6.45) is 5.32. The lowest BCUT2D eigenvalue weighted by Gasteiger charge is -2.11. The number of aromatic nitrogens is 5. The van der Waals surface area contributed by atoms with Crippen LogP contribution in [0, 0.1) is 11.3 Å². The highest BCUT2D eigenvalue weighted by Crippen LogP contribution is 2.27. The number of urea groups is 1. The number of hydrogen-bond donors (Lipinski definition) is 2. The molecular weight excluding hydrogens is 492 g/mol. The number of carbonyl (C=O) groups excluding carboxylic acids is 1. The third-order valence-corrected chi connectivity index (χ3v) is 5.88. The zero-order chi connectivity index (χ0) is 27.4. The van der Waals surface area contributed by atoms with Gasteiger partial charge in [0.25, 0.3) is 0 Å². The molecule has 39 heavy (non-hydrogen) atoms. The third-order valence-electron chi connectivity index (χ3n) is 5.88. The van der Waals surface area contributed by atoms with Gasteiger partial charge in [-0.3, -0.25) is 15.0 Å². The highest BCUT2D eigenvalue weighted by molar-refractivity contribution is 5.99. The number of nitrogens with zero attached hydrogens (tertiary/aromatic N) is 6. The number of hydrogen-bond acceptors (Lipinski definition) is 6. The van der Waals surface area contributed by atoms with Crippen molar-refractivity contribution in [1.29, 1.82) is 5.26 Å². The molecule has 0 aliphatic rings. The molecular formula is C29H26N8O2. The van der Waals surface area contributed by atoms with Crippen LogP contribution in [0.25, 0.3) is 16.9 Å². The summed E-state index contributed by atoms with van der Waals surface area (Å²) in [6.45, 7) is 4.06. The minimum Gasteiger partial charge on any atom is -0.457 e. The summed E-state index contributed by atoms with van der Waals surface area (Å²) in [4.78, 5) is 17.2. The van der Waals surface area contributed by atoms with Crippen LogP contribution in [-0.4, -0.2) is 30.6 Å². The zero-order valence-electron chi connectivity index (χ0n) is 21.7. The average Bonchev–Trinajstić information content (AvgIpc) is 3.56. The van der Waals surface area contributed by atoms with Crippen LogP contribution in [0.1, 0.15) is 31.0 Å². The van der Waals surface area contributed by atoms with Crippen molar-refractivity contribution in [3.05, 3.63) is 96.6 Å². The normalized spacial score (nSPS) is 10.7. The molecule has 0 fully saturated rings. The van der Waals surface area contributed by atoms with Gasteiger partial charge in [-0.1, -0.05) is 13.8 Å². The van der Waals surface area contributed by atoms with Crippen molar-refractivity contribution in [2.75, 3.05) is 10.6 Å². The van der Waals surface area contributed by atoms with Gasteiger partial charge in [0, 0.05) is 42.8 Å². The molecule has 0 radical (unpaired) electrons. The van der Waals surface area contributed by atoms with Crippen molar-refractivity contribution in [1.82, 2.24) is 24.5 Å². The van der Waals surface area contributed by atoms with E-state index < -0.39 is 6.03 Å². The smallest absolute Gasteiger partial charge is 0.324 e. The van der Waals surface area contributed by atoms with Crippen LogP contribution in [0.4, 0.5) is 16.3 Å². The Kier molecular flexibility index (Phi) is 7.05. The van der Waals surface area contributed by atoms with Gasteiger partial charge in [-0.05, 0) is 60.5 Å². The second-order valence-electron chi connectivity index (χ2n) is 9.16. The van der Waals surface area contributed by atoms with Gasteiger partial charge in [-0.2, -0.15) is 15.5 Å². The predicted octanol–water partition coefficient (Wildman–Crippen LogP) is 6.10. The lowest BCUT2D eigenvalue weighted by molar-refractivity contribution is 0.262. The van der Waals surface area contributed by atoms with Crippen LogP contribution in [-0.2, 0) is 7.05 Å². The fourth-order valence-corrected chi connectivity index (χ4v) is 3.85. The summed E-state index contributed by atoms with van der Waals surface area (Å²) in [7, 11) is 1.85. The topological polar surface area (TPSA) is 123 Å². The van der Waals surface area contributed by atoms with Crippen molar-refractivity contribution in [2.24, 2.45) is 7.05 Å². The number of rotatable bonds is 7. The summed E-state index contributed by atoms with van der Waals surface area (Å²) >= 11 is 0. The van der Waals surface area contributed by atoms with E-state index in [2.05, 4.69) is 31.9 Å². The first-order valence-corrected chi connectivity index (χ1v) is 12.3. The summed E-state index contributed by atoms with van der Waals surface area (Å²) in [5, 5.41) is 23.6. The minimum absolute atomic E-state index is 0.168. The number of aryl methyl sites for hydroxylation is 1. The Labute approximate surface area is 225 Å². The Balaban J connectivity index is 1.26. The first-order chi connectivity index (χ1) is 18.9. The lowest BCUT2D eigenvalue weighted by atomic mass is 10.1. The number of benzene rings is 2. The molecule has 3 aromatic heterocycles. The van der Waals surface area contributed by atoms with Crippen LogP contribution in [0.2, 0.25) is 0 Å². The summed E-state index contributed by atoms with van der Waals surface area (Å²) < 4.78 is 9.36. The monoisotopic (exact) mass is 518 g/mol. The first kappa shape index (κ1) is 25.2. The van der Waals surface area contributed by atoms with Gasteiger partial charge in [0.2, 0.25) is 0 Å². The fourth-order valence-electron chi connectivity index (χ4n) is 3.85. The predicted molar refractivity (Wildman–Crippen MR) is 148 cm³/mol.